The fourth-order valence-corrected chi connectivity index (χ4v) is 3.90. The van der Waals surface area contributed by atoms with Gasteiger partial charge in [0.25, 0.3) is 0 Å². The smallest absolute Gasteiger partial charge is 0.230 e. The maximum atomic E-state index is 13.1. The van der Waals surface area contributed by atoms with E-state index >= 15 is 0 Å². The van der Waals surface area contributed by atoms with E-state index in [2.05, 4.69) is 10.1 Å². The first kappa shape index (κ1) is 14.9. The molecule has 2 unspecified atom stereocenters. The predicted molar refractivity (Wildman–Crippen MR) is 89.1 cm³/mol. The molecule has 1 saturated heterocycles. The number of hydrogen-bond acceptors (Lipinski definition) is 5. The minimum Gasteiger partial charge on any atom is -0.492 e. The van der Waals surface area contributed by atoms with E-state index in [1.807, 2.05) is 29.2 Å². The summed E-state index contributed by atoms with van der Waals surface area (Å²) in [6.07, 6.45) is 4.88. The fraction of sp³-hybridized carbons (Fsp3) is 0.526. The van der Waals surface area contributed by atoms with E-state index in [1.54, 1.807) is 0 Å². The highest BCUT2D eigenvalue weighted by Gasteiger charge is 2.39. The number of rotatable bonds is 3. The number of carbonyl (C=O) groups excluding carboxylic acids is 1. The average Bonchev–Trinajstić information content (AvgIpc) is 3.19. The number of amides is 1. The highest BCUT2D eigenvalue weighted by molar-refractivity contribution is 5.80. The number of benzene rings is 1. The van der Waals surface area contributed by atoms with Crippen LogP contribution in [0.5, 0.6) is 5.75 Å². The molecule has 1 aromatic carbocycles. The molecule has 0 spiro atoms. The van der Waals surface area contributed by atoms with Crippen LogP contribution in [-0.4, -0.2) is 34.1 Å². The normalized spacial score (nSPS) is 25.5. The molecule has 2 fully saturated rings. The second-order valence-electron chi connectivity index (χ2n) is 7.27. The minimum absolute atomic E-state index is 0.0547. The number of fused-ring (bicyclic) bond motifs is 1. The van der Waals surface area contributed by atoms with Crippen molar-refractivity contribution in [3.05, 3.63) is 41.5 Å². The van der Waals surface area contributed by atoms with Gasteiger partial charge in [-0.2, -0.15) is 4.98 Å². The summed E-state index contributed by atoms with van der Waals surface area (Å²) in [4.78, 5) is 19.6. The third-order valence-corrected chi connectivity index (χ3v) is 5.45. The summed E-state index contributed by atoms with van der Waals surface area (Å²) in [5, 5.41) is 4.16. The highest BCUT2D eigenvalue weighted by atomic mass is 16.5. The summed E-state index contributed by atoms with van der Waals surface area (Å²) in [6.45, 7) is 1.20. The first-order valence-electron chi connectivity index (χ1n) is 9.14. The van der Waals surface area contributed by atoms with Crippen molar-refractivity contribution in [1.82, 2.24) is 15.0 Å². The molecule has 2 aliphatic heterocycles. The van der Waals surface area contributed by atoms with Crippen LogP contribution in [0.2, 0.25) is 0 Å². The van der Waals surface area contributed by atoms with Crippen LogP contribution >= 0.6 is 0 Å². The second kappa shape index (κ2) is 5.86. The quantitative estimate of drug-likeness (QED) is 0.860. The Morgan fingerprint density at radius 2 is 2.08 bits per heavy atom. The summed E-state index contributed by atoms with van der Waals surface area (Å²) in [6, 6.07) is 7.91. The molecule has 2 atom stereocenters. The maximum absolute atomic E-state index is 13.1. The molecule has 5 rings (SSSR count). The summed E-state index contributed by atoms with van der Waals surface area (Å²) in [7, 11) is 0. The van der Waals surface area contributed by atoms with Crippen LogP contribution in [0.15, 0.2) is 28.8 Å². The zero-order valence-electron chi connectivity index (χ0n) is 14.1. The number of nitrogens with zero attached hydrogens (tertiary/aromatic N) is 3. The van der Waals surface area contributed by atoms with E-state index in [0.29, 0.717) is 18.3 Å². The number of likely N-dealkylation sites (tertiary alicyclic amines) is 1. The van der Waals surface area contributed by atoms with Crippen molar-refractivity contribution in [2.45, 2.75) is 44.1 Å². The van der Waals surface area contributed by atoms with Gasteiger partial charge in [0.15, 0.2) is 5.82 Å². The molecule has 0 radical (unpaired) electrons. The zero-order chi connectivity index (χ0) is 16.8. The van der Waals surface area contributed by atoms with Crippen LogP contribution in [-0.2, 0) is 11.2 Å². The summed E-state index contributed by atoms with van der Waals surface area (Å²) >= 11 is 0. The Balaban J connectivity index is 1.34. The largest absolute Gasteiger partial charge is 0.492 e. The first-order chi connectivity index (χ1) is 12.3. The van der Waals surface area contributed by atoms with Gasteiger partial charge in [0.05, 0.1) is 12.0 Å². The van der Waals surface area contributed by atoms with E-state index in [-0.39, 0.29) is 17.9 Å². The molecular formula is C19H21N3O3. The van der Waals surface area contributed by atoms with E-state index in [9.17, 15) is 4.79 Å². The number of aromatic nitrogens is 2. The van der Waals surface area contributed by atoms with Gasteiger partial charge in [0.1, 0.15) is 12.4 Å². The molecule has 3 heterocycles. The highest BCUT2D eigenvalue weighted by Crippen LogP contribution is 2.40. The van der Waals surface area contributed by atoms with E-state index in [1.165, 1.54) is 0 Å². The third kappa shape index (κ3) is 2.69. The molecule has 1 saturated carbocycles. The topological polar surface area (TPSA) is 68.5 Å². The van der Waals surface area contributed by atoms with Gasteiger partial charge in [-0.1, -0.05) is 23.4 Å². The van der Waals surface area contributed by atoms with Crippen molar-refractivity contribution in [2.75, 3.05) is 13.2 Å². The molecule has 6 heteroatoms. The molecular weight excluding hydrogens is 318 g/mol. The summed E-state index contributed by atoms with van der Waals surface area (Å²) in [5.74, 6) is 2.76. The van der Waals surface area contributed by atoms with Gasteiger partial charge in [0.2, 0.25) is 11.8 Å². The molecule has 0 N–H and O–H groups in total. The first-order valence-corrected chi connectivity index (χ1v) is 9.14. The maximum Gasteiger partial charge on any atom is 0.230 e. The summed E-state index contributed by atoms with van der Waals surface area (Å²) < 4.78 is 11.2. The Hall–Kier alpha value is -2.37. The van der Waals surface area contributed by atoms with E-state index < -0.39 is 0 Å². The van der Waals surface area contributed by atoms with Gasteiger partial charge >= 0.3 is 0 Å². The van der Waals surface area contributed by atoms with Crippen molar-refractivity contribution in [1.29, 1.82) is 0 Å². The van der Waals surface area contributed by atoms with E-state index in [0.717, 1.165) is 55.9 Å². The zero-order valence-corrected chi connectivity index (χ0v) is 14.1. The molecule has 1 aromatic heterocycles. The Morgan fingerprint density at radius 3 is 2.96 bits per heavy atom. The van der Waals surface area contributed by atoms with E-state index in [4.69, 9.17) is 9.26 Å². The lowest BCUT2D eigenvalue weighted by Crippen LogP contribution is -2.40. The van der Waals surface area contributed by atoms with Gasteiger partial charge in [-0.3, -0.25) is 4.79 Å². The Labute approximate surface area is 146 Å². The Kier molecular flexibility index (Phi) is 3.50. The van der Waals surface area contributed by atoms with Crippen LogP contribution in [0, 0.1) is 5.92 Å². The lowest BCUT2D eigenvalue weighted by atomic mass is 9.95. The third-order valence-electron chi connectivity index (χ3n) is 5.45. The van der Waals surface area contributed by atoms with Gasteiger partial charge in [-0.25, -0.2) is 0 Å². The Bertz CT molecular complexity index is 799. The van der Waals surface area contributed by atoms with Gasteiger partial charge in [-0.15, -0.1) is 0 Å². The van der Waals surface area contributed by atoms with Crippen LogP contribution < -0.4 is 4.74 Å². The van der Waals surface area contributed by atoms with Crippen LogP contribution in [0.25, 0.3) is 0 Å². The fourth-order valence-electron chi connectivity index (χ4n) is 3.90. The van der Waals surface area contributed by atoms with Crippen LogP contribution in [0.1, 0.15) is 54.9 Å². The van der Waals surface area contributed by atoms with Gasteiger partial charge < -0.3 is 14.2 Å². The predicted octanol–water partition coefficient (Wildman–Crippen LogP) is 2.86. The number of hydrogen-bond donors (Lipinski definition) is 0. The SMILES string of the molecule is O=C(C1COc2ccccc2C1)N1CCCC1c1noc(C2CC2)n1. The lowest BCUT2D eigenvalue weighted by molar-refractivity contribution is -0.138. The molecule has 6 nitrogen and oxygen atoms in total. The second-order valence-corrected chi connectivity index (χ2v) is 7.27. The number of carbonyl (C=O) groups is 1. The van der Waals surface area contributed by atoms with Crippen LogP contribution in [0.3, 0.4) is 0 Å². The minimum atomic E-state index is -0.134. The van der Waals surface area contributed by atoms with Crippen molar-refractivity contribution in [3.63, 3.8) is 0 Å². The number of ether oxygens (including phenoxy) is 1. The average molecular weight is 339 g/mol. The van der Waals surface area contributed by atoms with Crippen LogP contribution in [0.4, 0.5) is 0 Å². The molecule has 130 valence electrons. The molecule has 0 bridgehead atoms. The van der Waals surface area contributed by atoms with Crippen molar-refractivity contribution < 1.29 is 14.1 Å². The van der Waals surface area contributed by atoms with Crippen molar-refractivity contribution in [3.8, 4) is 5.75 Å². The standard InChI is InChI=1S/C19H21N3O3/c23-19(14-10-13-4-1-2-6-16(13)24-11-14)22-9-3-5-15(22)17-20-18(25-21-17)12-7-8-12/h1-2,4,6,12,14-15H,3,5,7-11H2. The van der Waals surface area contributed by atoms with Crippen molar-refractivity contribution >= 4 is 5.91 Å². The molecule has 1 amide bonds. The lowest BCUT2D eigenvalue weighted by Gasteiger charge is -2.30. The number of para-hydroxylation sites is 1. The molecule has 2 aromatic rings. The van der Waals surface area contributed by atoms with Crippen molar-refractivity contribution in [2.24, 2.45) is 5.92 Å². The summed E-state index contributed by atoms with van der Waals surface area (Å²) in [5.41, 5.74) is 1.11. The monoisotopic (exact) mass is 339 g/mol. The molecule has 1 aliphatic carbocycles. The van der Waals surface area contributed by atoms with Gasteiger partial charge in [-0.05, 0) is 43.7 Å². The van der Waals surface area contributed by atoms with Gasteiger partial charge in [0, 0.05) is 12.5 Å². The molecule has 25 heavy (non-hydrogen) atoms. The Morgan fingerprint density at radius 1 is 1.20 bits per heavy atom. The molecule has 3 aliphatic rings.